The lowest BCUT2D eigenvalue weighted by atomic mass is 9.97. The molecule has 6 heteroatoms. The SMILES string of the molecule is NCC(Cc1ccc(F)c(F)c1)C(=O)N1CCOCC1. The van der Waals surface area contributed by atoms with Gasteiger partial charge in [-0.15, -0.1) is 0 Å². The van der Waals surface area contributed by atoms with Crippen LogP contribution in [-0.4, -0.2) is 43.7 Å². The Bertz CT molecular complexity index is 476. The summed E-state index contributed by atoms with van der Waals surface area (Å²) in [7, 11) is 0. The molecule has 2 rings (SSSR count). The number of carbonyl (C=O) groups excluding carboxylic acids is 1. The molecule has 1 aromatic rings. The van der Waals surface area contributed by atoms with Crippen molar-refractivity contribution in [2.45, 2.75) is 6.42 Å². The Morgan fingerprint density at radius 2 is 2.00 bits per heavy atom. The number of nitrogens with two attached hydrogens (primary N) is 1. The van der Waals surface area contributed by atoms with E-state index >= 15 is 0 Å². The zero-order valence-electron chi connectivity index (χ0n) is 11.1. The molecule has 0 radical (unpaired) electrons. The minimum absolute atomic E-state index is 0.0551. The van der Waals surface area contributed by atoms with E-state index in [4.69, 9.17) is 10.5 Å². The quantitative estimate of drug-likeness (QED) is 0.895. The Balaban J connectivity index is 2.03. The van der Waals surface area contributed by atoms with Crippen LogP contribution in [0.15, 0.2) is 18.2 Å². The van der Waals surface area contributed by atoms with Crippen LogP contribution in [0.2, 0.25) is 0 Å². The van der Waals surface area contributed by atoms with Crippen molar-refractivity contribution in [3.05, 3.63) is 35.4 Å². The highest BCUT2D eigenvalue weighted by Crippen LogP contribution is 2.15. The molecule has 1 aromatic carbocycles. The lowest BCUT2D eigenvalue weighted by molar-refractivity contribution is -0.139. The predicted molar refractivity (Wildman–Crippen MR) is 70.0 cm³/mol. The van der Waals surface area contributed by atoms with Crippen LogP contribution in [0, 0.1) is 17.6 Å². The Morgan fingerprint density at radius 1 is 1.30 bits per heavy atom. The van der Waals surface area contributed by atoms with Gasteiger partial charge in [-0.05, 0) is 24.1 Å². The lowest BCUT2D eigenvalue weighted by Crippen LogP contribution is -2.46. The molecule has 0 aromatic heterocycles. The molecule has 1 heterocycles. The molecule has 110 valence electrons. The molecule has 1 aliphatic rings. The van der Waals surface area contributed by atoms with Gasteiger partial charge in [0.05, 0.1) is 19.1 Å². The van der Waals surface area contributed by atoms with Crippen molar-refractivity contribution in [2.75, 3.05) is 32.8 Å². The first kappa shape index (κ1) is 14.9. The molecule has 1 fully saturated rings. The Morgan fingerprint density at radius 3 is 2.60 bits per heavy atom. The van der Waals surface area contributed by atoms with Crippen LogP contribution in [-0.2, 0) is 16.0 Å². The molecule has 20 heavy (non-hydrogen) atoms. The Kier molecular flexibility index (Phi) is 5.03. The molecule has 1 amide bonds. The first-order valence-corrected chi connectivity index (χ1v) is 6.62. The second-order valence-electron chi connectivity index (χ2n) is 4.82. The summed E-state index contributed by atoms with van der Waals surface area (Å²) in [5.41, 5.74) is 6.22. The van der Waals surface area contributed by atoms with Crippen molar-refractivity contribution < 1.29 is 18.3 Å². The summed E-state index contributed by atoms with van der Waals surface area (Å²) in [6, 6.07) is 3.66. The summed E-state index contributed by atoms with van der Waals surface area (Å²) >= 11 is 0. The van der Waals surface area contributed by atoms with Gasteiger partial charge in [-0.3, -0.25) is 4.79 Å². The second kappa shape index (κ2) is 6.76. The summed E-state index contributed by atoms with van der Waals surface area (Å²) in [5, 5.41) is 0. The second-order valence-corrected chi connectivity index (χ2v) is 4.82. The van der Waals surface area contributed by atoms with Gasteiger partial charge in [-0.1, -0.05) is 6.07 Å². The highest BCUT2D eigenvalue weighted by molar-refractivity contribution is 5.79. The number of benzene rings is 1. The topological polar surface area (TPSA) is 55.6 Å². The molecule has 0 spiro atoms. The van der Waals surface area contributed by atoms with Crippen LogP contribution in [0.3, 0.4) is 0 Å². The van der Waals surface area contributed by atoms with Gasteiger partial charge in [-0.2, -0.15) is 0 Å². The zero-order chi connectivity index (χ0) is 14.5. The third-order valence-corrected chi connectivity index (χ3v) is 3.42. The maximum atomic E-state index is 13.2. The molecule has 2 N–H and O–H groups in total. The van der Waals surface area contributed by atoms with Gasteiger partial charge in [0.2, 0.25) is 5.91 Å². The number of carbonyl (C=O) groups is 1. The molecule has 0 saturated carbocycles. The maximum Gasteiger partial charge on any atom is 0.227 e. The fraction of sp³-hybridized carbons (Fsp3) is 0.500. The number of rotatable bonds is 4. The van der Waals surface area contributed by atoms with Crippen LogP contribution in [0.4, 0.5) is 8.78 Å². The zero-order valence-corrected chi connectivity index (χ0v) is 11.1. The third kappa shape index (κ3) is 3.52. The number of nitrogens with zero attached hydrogens (tertiary/aromatic N) is 1. The fourth-order valence-corrected chi connectivity index (χ4v) is 2.26. The van der Waals surface area contributed by atoms with E-state index in [1.807, 2.05) is 0 Å². The maximum absolute atomic E-state index is 13.2. The van der Waals surface area contributed by atoms with Crippen LogP contribution in [0.5, 0.6) is 0 Å². The molecule has 1 unspecified atom stereocenters. The summed E-state index contributed by atoms with van der Waals surface area (Å²) in [4.78, 5) is 14.0. The van der Waals surface area contributed by atoms with Crippen LogP contribution < -0.4 is 5.73 Å². The largest absolute Gasteiger partial charge is 0.378 e. The predicted octanol–water partition coefficient (Wildman–Crippen LogP) is 0.941. The Hall–Kier alpha value is -1.53. The average Bonchev–Trinajstić information content (AvgIpc) is 2.48. The van der Waals surface area contributed by atoms with Crippen LogP contribution >= 0.6 is 0 Å². The summed E-state index contributed by atoms with van der Waals surface area (Å²) in [6.07, 6.45) is 0.309. The van der Waals surface area contributed by atoms with Crippen molar-refractivity contribution in [3.8, 4) is 0 Å². The van der Waals surface area contributed by atoms with Crippen molar-refractivity contribution >= 4 is 5.91 Å². The molecule has 0 bridgehead atoms. The van der Waals surface area contributed by atoms with E-state index in [0.717, 1.165) is 12.1 Å². The van der Waals surface area contributed by atoms with Gasteiger partial charge in [0.25, 0.3) is 0 Å². The third-order valence-electron chi connectivity index (χ3n) is 3.42. The minimum Gasteiger partial charge on any atom is -0.378 e. The van der Waals surface area contributed by atoms with Crippen molar-refractivity contribution in [1.82, 2.24) is 4.90 Å². The first-order chi connectivity index (χ1) is 9.61. The normalized spacial score (nSPS) is 17.1. The van der Waals surface area contributed by atoms with Gasteiger partial charge in [0, 0.05) is 19.6 Å². The van der Waals surface area contributed by atoms with Crippen molar-refractivity contribution in [3.63, 3.8) is 0 Å². The number of hydrogen-bond donors (Lipinski definition) is 1. The molecular weight excluding hydrogens is 266 g/mol. The smallest absolute Gasteiger partial charge is 0.227 e. The number of halogens is 2. The van der Waals surface area contributed by atoms with Gasteiger partial charge in [0.1, 0.15) is 0 Å². The van der Waals surface area contributed by atoms with E-state index in [9.17, 15) is 13.6 Å². The van der Waals surface area contributed by atoms with Gasteiger partial charge >= 0.3 is 0 Å². The molecule has 1 atom stereocenters. The lowest BCUT2D eigenvalue weighted by Gasteiger charge is -2.30. The number of ether oxygens (including phenoxy) is 1. The molecule has 0 aliphatic carbocycles. The van der Waals surface area contributed by atoms with E-state index in [2.05, 4.69) is 0 Å². The standard InChI is InChI=1S/C14H18F2N2O2/c15-12-2-1-10(8-13(12)16)7-11(9-17)14(19)18-3-5-20-6-4-18/h1-2,8,11H,3-7,9,17H2. The van der Waals surface area contributed by atoms with Gasteiger partial charge in [-0.25, -0.2) is 8.78 Å². The molecular formula is C14H18F2N2O2. The number of amides is 1. The van der Waals surface area contributed by atoms with E-state index in [1.165, 1.54) is 6.07 Å². The fourth-order valence-electron chi connectivity index (χ4n) is 2.26. The van der Waals surface area contributed by atoms with Crippen molar-refractivity contribution in [1.29, 1.82) is 0 Å². The van der Waals surface area contributed by atoms with Gasteiger partial charge < -0.3 is 15.4 Å². The monoisotopic (exact) mass is 284 g/mol. The molecule has 1 saturated heterocycles. The summed E-state index contributed by atoms with van der Waals surface area (Å²) < 4.78 is 31.2. The Labute approximate surface area is 116 Å². The van der Waals surface area contributed by atoms with Crippen LogP contribution in [0.25, 0.3) is 0 Å². The van der Waals surface area contributed by atoms with E-state index < -0.39 is 17.6 Å². The first-order valence-electron chi connectivity index (χ1n) is 6.62. The average molecular weight is 284 g/mol. The summed E-state index contributed by atoms with van der Waals surface area (Å²) in [6.45, 7) is 2.32. The summed E-state index contributed by atoms with van der Waals surface area (Å²) in [5.74, 6) is -2.27. The van der Waals surface area contributed by atoms with E-state index in [0.29, 0.717) is 38.3 Å². The number of morpholine rings is 1. The van der Waals surface area contributed by atoms with Gasteiger partial charge in [0.15, 0.2) is 11.6 Å². The highest BCUT2D eigenvalue weighted by Gasteiger charge is 2.25. The molecule has 4 nitrogen and oxygen atoms in total. The van der Waals surface area contributed by atoms with Crippen LogP contribution in [0.1, 0.15) is 5.56 Å². The van der Waals surface area contributed by atoms with E-state index in [-0.39, 0.29) is 12.5 Å². The molecule has 1 aliphatic heterocycles. The highest BCUT2D eigenvalue weighted by atomic mass is 19.2. The van der Waals surface area contributed by atoms with Crippen molar-refractivity contribution in [2.24, 2.45) is 11.7 Å². The number of hydrogen-bond acceptors (Lipinski definition) is 3. The minimum atomic E-state index is -0.905. The van der Waals surface area contributed by atoms with E-state index in [1.54, 1.807) is 4.90 Å².